The van der Waals surface area contributed by atoms with Crippen molar-refractivity contribution in [2.24, 2.45) is 0 Å². The molecular formula is C27H25FN2O5. The molecule has 1 atom stereocenters. The summed E-state index contributed by atoms with van der Waals surface area (Å²) >= 11 is 0. The Morgan fingerprint density at radius 1 is 1.00 bits per heavy atom. The summed E-state index contributed by atoms with van der Waals surface area (Å²) in [7, 11) is 0. The van der Waals surface area contributed by atoms with E-state index in [0.717, 1.165) is 28.3 Å². The van der Waals surface area contributed by atoms with Crippen molar-refractivity contribution in [3.63, 3.8) is 0 Å². The van der Waals surface area contributed by atoms with E-state index >= 15 is 0 Å². The minimum atomic E-state index is -0.980. The number of rotatable bonds is 8. The van der Waals surface area contributed by atoms with Crippen molar-refractivity contribution in [2.45, 2.75) is 31.7 Å². The van der Waals surface area contributed by atoms with Crippen LogP contribution in [0.25, 0.3) is 11.1 Å². The molecule has 1 aliphatic rings. The van der Waals surface area contributed by atoms with Gasteiger partial charge in [0, 0.05) is 24.1 Å². The highest BCUT2D eigenvalue weighted by molar-refractivity contribution is 5.96. The lowest BCUT2D eigenvalue weighted by atomic mass is 9.98. The van der Waals surface area contributed by atoms with Gasteiger partial charge in [-0.05, 0) is 53.8 Å². The van der Waals surface area contributed by atoms with Crippen LogP contribution < -0.4 is 10.6 Å². The number of hydrogen-bond donors (Lipinski definition) is 3. The third-order valence-electron chi connectivity index (χ3n) is 5.97. The zero-order valence-electron chi connectivity index (χ0n) is 19.1. The fourth-order valence-electron chi connectivity index (χ4n) is 4.24. The summed E-state index contributed by atoms with van der Waals surface area (Å²) in [5.41, 5.74) is 4.34. The number of nitrogens with one attached hydrogen (secondary N) is 2. The Morgan fingerprint density at radius 3 is 2.26 bits per heavy atom. The van der Waals surface area contributed by atoms with E-state index in [1.807, 2.05) is 48.5 Å². The van der Waals surface area contributed by atoms with Crippen molar-refractivity contribution in [1.82, 2.24) is 5.32 Å². The van der Waals surface area contributed by atoms with E-state index < -0.39 is 29.8 Å². The second-order valence-electron chi connectivity index (χ2n) is 8.45. The van der Waals surface area contributed by atoms with E-state index in [9.17, 15) is 18.8 Å². The van der Waals surface area contributed by atoms with E-state index in [-0.39, 0.29) is 36.6 Å². The molecule has 180 valence electrons. The first kappa shape index (κ1) is 23.9. The van der Waals surface area contributed by atoms with Gasteiger partial charge < -0.3 is 15.2 Å². The largest absolute Gasteiger partial charge is 0.481 e. The van der Waals surface area contributed by atoms with E-state index in [2.05, 4.69) is 10.6 Å². The Morgan fingerprint density at radius 2 is 1.63 bits per heavy atom. The summed E-state index contributed by atoms with van der Waals surface area (Å²) in [6, 6.07) is 19.1. The second-order valence-corrected chi connectivity index (χ2v) is 8.45. The lowest BCUT2D eigenvalue weighted by Gasteiger charge is -2.15. The number of carbonyl (C=O) groups is 3. The molecule has 4 rings (SSSR count). The molecule has 0 spiro atoms. The van der Waals surface area contributed by atoms with Gasteiger partial charge in [-0.25, -0.2) is 9.18 Å². The predicted octanol–water partition coefficient (Wildman–Crippen LogP) is 5.17. The molecule has 3 aromatic rings. The van der Waals surface area contributed by atoms with Gasteiger partial charge in [-0.15, -0.1) is 0 Å². The minimum absolute atomic E-state index is 0.102. The van der Waals surface area contributed by atoms with Crippen LogP contribution >= 0.6 is 0 Å². The smallest absolute Gasteiger partial charge is 0.411 e. The standard InChI is InChI=1S/C27H25FN2O5/c1-16(10-13-25(31)32)29-26(33)22-14-17(11-12-24(22)28)30-27(34)35-15-23-20-8-4-2-6-18(20)19-7-3-5-9-21(19)23/h2-9,11-12,14,16,23H,10,13,15H2,1H3,(H,29,33)(H,30,34)(H,31,32). The van der Waals surface area contributed by atoms with Crippen LogP contribution in [0.4, 0.5) is 14.9 Å². The second kappa shape index (κ2) is 10.4. The average Bonchev–Trinajstić information content (AvgIpc) is 3.16. The van der Waals surface area contributed by atoms with Gasteiger partial charge in [0.1, 0.15) is 12.4 Å². The van der Waals surface area contributed by atoms with Crippen molar-refractivity contribution in [3.8, 4) is 11.1 Å². The first-order chi connectivity index (χ1) is 16.8. The van der Waals surface area contributed by atoms with Crippen LogP contribution in [-0.4, -0.2) is 35.7 Å². The lowest BCUT2D eigenvalue weighted by Crippen LogP contribution is -2.33. The molecule has 1 unspecified atom stereocenters. The van der Waals surface area contributed by atoms with E-state index in [1.54, 1.807) is 6.92 Å². The quantitative estimate of drug-likeness (QED) is 0.416. The molecule has 3 N–H and O–H groups in total. The molecule has 2 amide bonds. The third-order valence-corrected chi connectivity index (χ3v) is 5.97. The molecule has 3 aromatic carbocycles. The van der Waals surface area contributed by atoms with Gasteiger partial charge in [0.25, 0.3) is 5.91 Å². The van der Waals surface area contributed by atoms with Crippen molar-refractivity contribution in [2.75, 3.05) is 11.9 Å². The van der Waals surface area contributed by atoms with Crippen LogP contribution in [0, 0.1) is 5.82 Å². The number of carboxylic acid groups (broad SMARTS) is 1. The highest BCUT2D eigenvalue weighted by Crippen LogP contribution is 2.44. The van der Waals surface area contributed by atoms with Gasteiger partial charge in [0.05, 0.1) is 5.56 Å². The van der Waals surface area contributed by atoms with Crippen LogP contribution in [0.3, 0.4) is 0 Å². The Labute approximate surface area is 201 Å². The highest BCUT2D eigenvalue weighted by Gasteiger charge is 2.29. The molecule has 0 aliphatic heterocycles. The predicted molar refractivity (Wildman–Crippen MR) is 129 cm³/mol. The van der Waals surface area contributed by atoms with Gasteiger partial charge in [-0.3, -0.25) is 14.9 Å². The SMILES string of the molecule is CC(CCC(=O)O)NC(=O)c1cc(NC(=O)OCC2c3ccccc3-c3ccccc32)ccc1F. The Balaban J connectivity index is 1.39. The Bertz CT molecular complexity index is 1230. The first-order valence-electron chi connectivity index (χ1n) is 11.3. The van der Waals surface area contributed by atoms with Crippen LogP contribution in [0.15, 0.2) is 66.7 Å². The molecular weight excluding hydrogens is 451 g/mol. The molecule has 0 saturated heterocycles. The minimum Gasteiger partial charge on any atom is -0.481 e. The number of ether oxygens (including phenoxy) is 1. The van der Waals surface area contributed by atoms with Gasteiger partial charge in [0.15, 0.2) is 0 Å². The third kappa shape index (κ3) is 5.48. The number of carbonyl (C=O) groups excluding carboxylic acids is 2. The monoisotopic (exact) mass is 476 g/mol. The number of carboxylic acids is 1. The number of halogens is 1. The van der Waals surface area contributed by atoms with Crippen molar-refractivity contribution in [3.05, 3.63) is 89.2 Å². The van der Waals surface area contributed by atoms with Gasteiger partial charge in [-0.1, -0.05) is 48.5 Å². The molecule has 0 heterocycles. The summed E-state index contributed by atoms with van der Waals surface area (Å²) in [5, 5.41) is 13.9. The molecule has 0 fully saturated rings. The Hall–Kier alpha value is -4.20. The number of anilines is 1. The van der Waals surface area contributed by atoms with E-state index in [4.69, 9.17) is 9.84 Å². The summed E-state index contributed by atoms with van der Waals surface area (Å²) in [5.74, 6) is -2.54. The van der Waals surface area contributed by atoms with E-state index in [0.29, 0.717) is 0 Å². The van der Waals surface area contributed by atoms with Gasteiger partial charge in [-0.2, -0.15) is 0 Å². The fourth-order valence-corrected chi connectivity index (χ4v) is 4.24. The van der Waals surface area contributed by atoms with Crippen molar-refractivity contribution >= 4 is 23.7 Å². The maximum atomic E-state index is 14.3. The summed E-state index contributed by atoms with van der Waals surface area (Å²) in [4.78, 5) is 35.6. The lowest BCUT2D eigenvalue weighted by molar-refractivity contribution is -0.137. The van der Waals surface area contributed by atoms with Crippen molar-refractivity contribution < 1.29 is 28.6 Å². The highest BCUT2D eigenvalue weighted by atomic mass is 19.1. The summed E-state index contributed by atoms with van der Waals surface area (Å²) < 4.78 is 19.8. The summed E-state index contributed by atoms with van der Waals surface area (Å²) in [6.45, 7) is 1.76. The summed E-state index contributed by atoms with van der Waals surface area (Å²) in [6.07, 6.45) is -0.632. The zero-order chi connectivity index (χ0) is 24.9. The molecule has 0 radical (unpaired) electrons. The molecule has 0 saturated carbocycles. The number of benzene rings is 3. The fraction of sp³-hybridized carbons (Fsp3) is 0.222. The normalized spacial score (nSPS) is 12.9. The molecule has 1 aliphatic carbocycles. The first-order valence-corrected chi connectivity index (χ1v) is 11.3. The number of hydrogen-bond acceptors (Lipinski definition) is 4. The number of aliphatic carboxylic acids is 1. The number of amides is 2. The molecule has 0 bridgehead atoms. The zero-order valence-corrected chi connectivity index (χ0v) is 19.1. The molecule has 7 nitrogen and oxygen atoms in total. The van der Waals surface area contributed by atoms with Gasteiger partial charge in [0.2, 0.25) is 0 Å². The topological polar surface area (TPSA) is 105 Å². The average molecular weight is 477 g/mol. The maximum absolute atomic E-state index is 14.3. The van der Waals surface area contributed by atoms with Crippen LogP contribution in [0.2, 0.25) is 0 Å². The van der Waals surface area contributed by atoms with Crippen LogP contribution in [0.5, 0.6) is 0 Å². The number of fused-ring (bicyclic) bond motifs is 3. The molecule has 8 heteroatoms. The van der Waals surface area contributed by atoms with E-state index in [1.165, 1.54) is 12.1 Å². The molecule has 0 aromatic heterocycles. The maximum Gasteiger partial charge on any atom is 0.411 e. The Kier molecular flexibility index (Phi) is 7.10. The molecule has 35 heavy (non-hydrogen) atoms. The van der Waals surface area contributed by atoms with Crippen LogP contribution in [0.1, 0.15) is 47.2 Å². The van der Waals surface area contributed by atoms with Crippen LogP contribution in [-0.2, 0) is 9.53 Å². The van der Waals surface area contributed by atoms with Gasteiger partial charge >= 0.3 is 12.1 Å². The van der Waals surface area contributed by atoms with Crippen molar-refractivity contribution in [1.29, 1.82) is 0 Å².